The van der Waals surface area contributed by atoms with Crippen LogP contribution in [0.2, 0.25) is 0 Å². The standard InChI is InChI=1S/C13H15ClO4/c14-5-3-11(16)13(17)8-1-2-12-9(7-8)10(15)4-6-18-12/h1-2,7,11,13,16-17H,3-6H2. The molecular formula is C13H15ClO4. The second-order valence-corrected chi connectivity index (χ2v) is 4.65. The van der Waals surface area contributed by atoms with Gasteiger partial charge in [-0.05, 0) is 24.1 Å². The minimum atomic E-state index is -1.04. The summed E-state index contributed by atoms with van der Waals surface area (Å²) in [6.07, 6.45) is -1.33. The molecule has 2 unspecified atom stereocenters. The molecule has 0 bridgehead atoms. The molecule has 1 heterocycles. The molecule has 0 saturated carbocycles. The number of aliphatic hydroxyl groups is 2. The highest BCUT2D eigenvalue weighted by atomic mass is 35.5. The van der Waals surface area contributed by atoms with Crippen LogP contribution in [0, 0.1) is 0 Å². The Labute approximate surface area is 110 Å². The number of hydrogen-bond acceptors (Lipinski definition) is 4. The number of benzene rings is 1. The van der Waals surface area contributed by atoms with Crippen molar-refractivity contribution >= 4 is 17.4 Å². The molecule has 0 radical (unpaired) electrons. The van der Waals surface area contributed by atoms with Crippen LogP contribution in [0.15, 0.2) is 18.2 Å². The summed E-state index contributed by atoms with van der Waals surface area (Å²) >= 11 is 5.52. The molecule has 1 aliphatic heterocycles. The fraction of sp³-hybridized carbons (Fsp3) is 0.462. The summed E-state index contributed by atoms with van der Waals surface area (Å²) in [6, 6.07) is 4.89. The third kappa shape index (κ3) is 2.66. The maximum atomic E-state index is 11.7. The first-order valence-corrected chi connectivity index (χ1v) is 6.39. The number of Topliss-reactive ketones (excluding diaryl/α,β-unsaturated/α-hetero) is 1. The van der Waals surface area contributed by atoms with E-state index in [1.807, 2.05) is 0 Å². The minimum Gasteiger partial charge on any atom is -0.492 e. The predicted molar refractivity (Wildman–Crippen MR) is 67.2 cm³/mol. The van der Waals surface area contributed by atoms with Crippen molar-refractivity contribution < 1.29 is 19.7 Å². The van der Waals surface area contributed by atoms with E-state index < -0.39 is 12.2 Å². The van der Waals surface area contributed by atoms with Crippen molar-refractivity contribution in [1.82, 2.24) is 0 Å². The predicted octanol–water partition coefficient (Wildman–Crippen LogP) is 1.68. The van der Waals surface area contributed by atoms with E-state index in [4.69, 9.17) is 16.3 Å². The Morgan fingerprint density at radius 2 is 2.17 bits per heavy atom. The second-order valence-electron chi connectivity index (χ2n) is 4.27. The normalized spacial score (nSPS) is 17.8. The smallest absolute Gasteiger partial charge is 0.170 e. The highest BCUT2D eigenvalue weighted by Crippen LogP contribution is 2.29. The fourth-order valence-corrected chi connectivity index (χ4v) is 2.18. The number of hydrogen-bond donors (Lipinski definition) is 2. The molecule has 1 aromatic rings. The third-order valence-electron chi connectivity index (χ3n) is 3.00. The number of halogens is 1. The van der Waals surface area contributed by atoms with Crippen LogP contribution in [-0.2, 0) is 0 Å². The average molecular weight is 271 g/mol. The van der Waals surface area contributed by atoms with Crippen LogP contribution in [0.25, 0.3) is 0 Å². The van der Waals surface area contributed by atoms with Crippen molar-refractivity contribution in [2.75, 3.05) is 12.5 Å². The largest absolute Gasteiger partial charge is 0.492 e. The third-order valence-corrected chi connectivity index (χ3v) is 3.22. The molecule has 0 saturated heterocycles. The summed E-state index contributed by atoms with van der Waals surface area (Å²) in [7, 11) is 0. The van der Waals surface area contributed by atoms with Gasteiger partial charge in [0.1, 0.15) is 11.9 Å². The van der Waals surface area contributed by atoms with Gasteiger partial charge < -0.3 is 14.9 Å². The molecule has 0 amide bonds. The van der Waals surface area contributed by atoms with Crippen molar-refractivity contribution in [3.8, 4) is 5.75 Å². The number of ketones is 1. The molecule has 2 rings (SSSR count). The molecule has 0 aromatic heterocycles. The van der Waals surface area contributed by atoms with Gasteiger partial charge in [-0.15, -0.1) is 11.6 Å². The SMILES string of the molecule is O=C1CCOc2ccc(C(O)C(O)CCCl)cc21. The van der Waals surface area contributed by atoms with Crippen LogP contribution >= 0.6 is 11.6 Å². The van der Waals surface area contributed by atoms with E-state index in [2.05, 4.69) is 0 Å². The van der Waals surface area contributed by atoms with Gasteiger partial charge in [-0.2, -0.15) is 0 Å². The highest BCUT2D eigenvalue weighted by molar-refractivity contribution is 6.17. The van der Waals surface area contributed by atoms with Crippen molar-refractivity contribution in [3.05, 3.63) is 29.3 Å². The lowest BCUT2D eigenvalue weighted by molar-refractivity contribution is 0.0169. The maximum absolute atomic E-state index is 11.7. The molecule has 18 heavy (non-hydrogen) atoms. The number of carbonyl (C=O) groups is 1. The first kappa shape index (κ1) is 13.3. The fourth-order valence-electron chi connectivity index (χ4n) is 1.96. The molecule has 1 aromatic carbocycles. The molecular weight excluding hydrogens is 256 g/mol. The monoisotopic (exact) mass is 270 g/mol. The lowest BCUT2D eigenvalue weighted by Crippen LogP contribution is -2.20. The first-order chi connectivity index (χ1) is 8.63. The van der Waals surface area contributed by atoms with Crippen LogP contribution < -0.4 is 4.74 Å². The van der Waals surface area contributed by atoms with E-state index in [0.717, 1.165) is 0 Å². The Bertz CT molecular complexity index is 447. The van der Waals surface area contributed by atoms with E-state index in [-0.39, 0.29) is 11.7 Å². The van der Waals surface area contributed by atoms with E-state index >= 15 is 0 Å². The summed E-state index contributed by atoms with van der Waals surface area (Å²) in [5.74, 6) is 0.803. The quantitative estimate of drug-likeness (QED) is 0.817. The summed E-state index contributed by atoms with van der Waals surface area (Å²) in [5.41, 5.74) is 0.973. The molecule has 0 aliphatic carbocycles. The van der Waals surface area contributed by atoms with Crippen LogP contribution in [0.1, 0.15) is 34.9 Å². The molecule has 5 heteroatoms. The molecule has 0 fully saturated rings. The minimum absolute atomic E-state index is 0.00265. The van der Waals surface area contributed by atoms with Crippen molar-refractivity contribution in [2.24, 2.45) is 0 Å². The van der Waals surface area contributed by atoms with Gasteiger partial charge in [0.15, 0.2) is 5.78 Å². The van der Waals surface area contributed by atoms with Gasteiger partial charge in [-0.1, -0.05) is 6.07 Å². The Morgan fingerprint density at radius 3 is 2.89 bits per heavy atom. The molecule has 1 aliphatic rings. The number of ether oxygens (including phenoxy) is 1. The topological polar surface area (TPSA) is 66.8 Å². The van der Waals surface area contributed by atoms with Gasteiger partial charge >= 0.3 is 0 Å². The van der Waals surface area contributed by atoms with Crippen LogP contribution in [0.4, 0.5) is 0 Å². The van der Waals surface area contributed by atoms with E-state index in [1.54, 1.807) is 18.2 Å². The zero-order valence-corrected chi connectivity index (χ0v) is 10.6. The van der Waals surface area contributed by atoms with Crippen LogP contribution in [0.5, 0.6) is 5.75 Å². The Balaban J connectivity index is 2.25. The zero-order chi connectivity index (χ0) is 13.1. The Kier molecular flexibility index (Phi) is 4.22. The van der Waals surface area contributed by atoms with Gasteiger partial charge in [-0.25, -0.2) is 0 Å². The summed E-state index contributed by atoms with van der Waals surface area (Å²) in [6.45, 7) is 0.391. The van der Waals surface area contributed by atoms with Gasteiger partial charge in [-0.3, -0.25) is 4.79 Å². The second kappa shape index (κ2) is 5.69. The number of fused-ring (bicyclic) bond motifs is 1. The van der Waals surface area contributed by atoms with E-state index in [0.29, 0.717) is 36.3 Å². The number of rotatable bonds is 4. The molecule has 0 spiro atoms. The van der Waals surface area contributed by atoms with Gasteiger partial charge in [0.2, 0.25) is 0 Å². The van der Waals surface area contributed by atoms with E-state index in [9.17, 15) is 15.0 Å². The lowest BCUT2D eigenvalue weighted by Gasteiger charge is -2.21. The highest BCUT2D eigenvalue weighted by Gasteiger charge is 2.23. The van der Waals surface area contributed by atoms with Crippen molar-refractivity contribution in [2.45, 2.75) is 25.0 Å². The Hall–Kier alpha value is -1.10. The average Bonchev–Trinajstić information content (AvgIpc) is 2.38. The van der Waals surface area contributed by atoms with Crippen molar-refractivity contribution in [1.29, 1.82) is 0 Å². The van der Waals surface area contributed by atoms with Crippen LogP contribution in [0.3, 0.4) is 0 Å². The first-order valence-electron chi connectivity index (χ1n) is 5.85. The molecule has 2 atom stereocenters. The molecule has 4 nitrogen and oxygen atoms in total. The Morgan fingerprint density at radius 1 is 1.39 bits per heavy atom. The number of carbonyl (C=O) groups excluding carboxylic acids is 1. The van der Waals surface area contributed by atoms with Gasteiger partial charge in [0.25, 0.3) is 0 Å². The van der Waals surface area contributed by atoms with Gasteiger partial charge in [0.05, 0.1) is 18.3 Å². The number of alkyl halides is 1. The summed E-state index contributed by atoms with van der Waals surface area (Å²) < 4.78 is 5.35. The summed E-state index contributed by atoms with van der Waals surface area (Å²) in [5, 5.41) is 19.6. The molecule has 2 N–H and O–H groups in total. The maximum Gasteiger partial charge on any atom is 0.170 e. The number of aliphatic hydroxyl groups excluding tert-OH is 2. The zero-order valence-electron chi connectivity index (χ0n) is 9.80. The summed E-state index contributed by atoms with van der Waals surface area (Å²) in [4.78, 5) is 11.7. The van der Waals surface area contributed by atoms with Gasteiger partial charge in [0, 0.05) is 12.3 Å². The van der Waals surface area contributed by atoms with Crippen molar-refractivity contribution in [3.63, 3.8) is 0 Å². The van der Waals surface area contributed by atoms with Crippen LogP contribution in [-0.4, -0.2) is 34.6 Å². The van der Waals surface area contributed by atoms with E-state index in [1.165, 1.54) is 0 Å². The molecule has 98 valence electrons. The lowest BCUT2D eigenvalue weighted by atomic mass is 9.97.